The molecule has 0 saturated carbocycles. The molecule has 0 saturated heterocycles. The molecule has 8 aromatic rings. The number of hydrogen-bond acceptors (Lipinski definition) is 3. The number of ether oxygens (including phenoxy) is 2. The van der Waals surface area contributed by atoms with Gasteiger partial charge in [0, 0.05) is 62.1 Å². The minimum absolute atomic E-state index is 0.697. The number of hydrogen-bond donors (Lipinski definition) is 1. The Labute approximate surface area is 301 Å². The highest BCUT2D eigenvalue weighted by atomic mass is 16.5. The maximum absolute atomic E-state index is 6.97. The van der Waals surface area contributed by atoms with Crippen molar-refractivity contribution in [2.24, 2.45) is 0 Å². The Bertz CT molecular complexity index is 2760. The van der Waals surface area contributed by atoms with Gasteiger partial charge in [-0.3, -0.25) is 0 Å². The van der Waals surface area contributed by atoms with Crippen molar-refractivity contribution in [1.29, 1.82) is 0 Å². The van der Waals surface area contributed by atoms with E-state index in [1.807, 2.05) is 0 Å². The number of dihydropyridines is 1. The summed E-state index contributed by atoms with van der Waals surface area (Å²) in [7, 11) is 0. The van der Waals surface area contributed by atoms with Gasteiger partial charge in [0.2, 0.25) is 0 Å². The number of rotatable bonds is 3. The molecule has 4 heteroatoms. The Morgan fingerprint density at radius 1 is 0.519 bits per heavy atom. The summed E-state index contributed by atoms with van der Waals surface area (Å²) in [6.45, 7) is 0.799. The third kappa shape index (κ3) is 4.03. The summed E-state index contributed by atoms with van der Waals surface area (Å²) >= 11 is 0. The molecule has 246 valence electrons. The van der Waals surface area contributed by atoms with Crippen LogP contribution in [0.1, 0.15) is 27.8 Å². The van der Waals surface area contributed by atoms with E-state index >= 15 is 0 Å². The molecule has 0 unspecified atom stereocenters. The molecular weight excluding hydrogens is 637 g/mol. The van der Waals surface area contributed by atoms with Crippen LogP contribution >= 0.6 is 0 Å². The Hall–Kier alpha value is -6.78. The molecule has 3 aliphatic heterocycles. The summed E-state index contributed by atoms with van der Waals surface area (Å²) < 4.78 is 16.0. The number of allylic oxidation sites excluding steroid dienone is 2. The second-order valence-corrected chi connectivity index (χ2v) is 13.6. The largest absolute Gasteiger partial charge is 0.457 e. The molecule has 0 atom stereocenters. The predicted molar refractivity (Wildman–Crippen MR) is 210 cm³/mol. The number of benzene rings is 7. The van der Waals surface area contributed by atoms with Crippen molar-refractivity contribution in [3.63, 3.8) is 0 Å². The lowest BCUT2D eigenvalue weighted by Crippen LogP contribution is -2.37. The topological polar surface area (TPSA) is 35.4 Å². The van der Waals surface area contributed by atoms with Gasteiger partial charge in [-0.1, -0.05) is 121 Å². The average Bonchev–Trinajstić information content (AvgIpc) is 3.56. The van der Waals surface area contributed by atoms with Crippen LogP contribution in [-0.4, -0.2) is 11.1 Å². The third-order valence-electron chi connectivity index (χ3n) is 10.9. The van der Waals surface area contributed by atoms with Gasteiger partial charge in [-0.2, -0.15) is 0 Å². The second kappa shape index (κ2) is 11.1. The van der Waals surface area contributed by atoms with Gasteiger partial charge in [-0.15, -0.1) is 0 Å². The first-order valence-electron chi connectivity index (χ1n) is 17.8. The van der Waals surface area contributed by atoms with Gasteiger partial charge in [0.05, 0.1) is 16.4 Å². The molecule has 1 N–H and O–H groups in total. The van der Waals surface area contributed by atoms with E-state index in [1.54, 1.807) is 0 Å². The first-order valence-corrected chi connectivity index (χ1v) is 17.8. The second-order valence-electron chi connectivity index (χ2n) is 13.6. The summed E-state index contributed by atoms with van der Waals surface area (Å²) in [5.41, 5.74) is 11.6. The van der Waals surface area contributed by atoms with Gasteiger partial charge in [-0.25, -0.2) is 0 Å². The Morgan fingerprint density at radius 3 is 2.00 bits per heavy atom. The fraction of sp³-hybridized carbons (Fsp3) is 0.0417. The van der Waals surface area contributed by atoms with E-state index in [2.05, 4.69) is 186 Å². The molecule has 0 amide bonds. The van der Waals surface area contributed by atoms with Crippen molar-refractivity contribution in [1.82, 2.24) is 9.88 Å². The lowest BCUT2D eigenvalue weighted by molar-refractivity contribution is 0.399. The molecule has 11 rings (SSSR count). The molecule has 4 nitrogen and oxygen atoms in total. The van der Waals surface area contributed by atoms with Crippen molar-refractivity contribution in [3.05, 3.63) is 204 Å². The van der Waals surface area contributed by atoms with Crippen LogP contribution in [0.2, 0.25) is 0 Å². The first kappa shape index (κ1) is 29.0. The lowest BCUT2D eigenvalue weighted by atomic mass is 9.62. The highest BCUT2D eigenvalue weighted by Crippen LogP contribution is 2.62. The quantitative estimate of drug-likeness (QED) is 0.204. The SMILES string of the molecule is C1=CCNC(c2ccc3c(c2)Oc2ccc(-c4cccc5c6ccccc6n(-c6ccccc6)c45)cc2C32c3ccccc3Oc3ccccc32)=C1. The number of nitrogens with zero attached hydrogens (tertiary/aromatic N) is 1. The monoisotopic (exact) mass is 668 g/mol. The number of aromatic nitrogens is 1. The molecule has 52 heavy (non-hydrogen) atoms. The van der Waals surface area contributed by atoms with Crippen LogP contribution in [0, 0.1) is 0 Å². The zero-order valence-corrected chi connectivity index (χ0v) is 28.2. The zero-order chi connectivity index (χ0) is 34.2. The van der Waals surface area contributed by atoms with Crippen LogP contribution in [0.3, 0.4) is 0 Å². The van der Waals surface area contributed by atoms with Gasteiger partial charge in [0.25, 0.3) is 0 Å². The third-order valence-corrected chi connectivity index (χ3v) is 10.9. The van der Waals surface area contributed by atoms with Gasteiger partial charge in [-0.05, 0) is 60.2 Å². The first-order chi connectivity index (χ1) is 25.8. The van der Waals surface area contributed by atoms with E-state index < -0.39 is 5.41 Å². The Kier molecular flexibility index (Phi) is 6.20. The van der Waals surface area contributed by atoms with Crippen molar-refractivity contribution >= 4 is 27.5 Å². The average molecular weight is 669 g/mol. The minimum atomic E-state index is -0.697. The molecular formula is C48H32N2O2. The molecule has 0 aliphatic carbocycles. The fourth-order valence-corrected chi connectivity index (χ4v) is 8.76. The van der Waals surface area contributed by atoms with Crippen LogP contribution < -0.4 is 14.8 Å². The van der Waals surface area contributed by atoms with Gasteiger partial charge in [0.1, 0.15) is 23.0 Å². The van der Waals surface area contributed by atoms with E-state index in [1.165, 1.54) is 21.8 Å². The van der Waals surface area contributed by atoms with Crippen molar-refractivity contribution < 1.29 is 9.47 Å². The normalized spacial score (nSPS) is 14.7. The van der Waals surface area contributed by atoms with Crippen molar-refractivity contribution in [2.45, 2.75) is 5.41 Å². The summed E-state index contributed by atoms with van der Waals surface area (Å²) in [4.78, 5) is 0. The van der Waals surface area contributed by atoms with Crippen molar-refractivity contribution in [3.8, 4) is 39.8 Å². The maximum atomic E-state index is 6.97. The summed E-state index contributed by atoms with van der Waals surface area (Å²) in [5.74, 6) is 3.37. The molecule has 3 aliphatic rings. The standard InChI is InChI=1S/C48H32N2O2/c1-2-13-33(14-3-1)50-42-21-7-4-15-35(42)36-17-12-16-34(47(36)50)31-25-27-45-40(29-31)48(37-18-5-8-22-43(37)51-44-23-9-6-19-38(44)48)39-26-24-32(30-46(39)52-45)41-20-10-11-28-49-41/h1-27,29-30,49H,28H2. The number of fused-ring (bicyclic) bond motifs is 11. The number of para-hydroxylation sites is 5. The lowest BCUT2D eigenvalue weighted by Gasteiger charge is -2.45. The van der Waals surface area contributed by atoms with Crippen molar-refractivity contribution in [2.75, 3.05) is 6.54 Å². The molecule has 1 spiro atoms. The van der Waals surface area contributed by atoms with Crippen LogP contribution in [0.25, 0.3) is 44.3 Å². The fourth-order valence-electron chi connectivity index (χ4n) is 8.76. The number of nitrogens with one attached hydrogen (secondary N) is 1. The molecule has 4 heterocycles. The highest BCUT2D eigenvalue weighted by Gasteiger charge is 2.50. The van der Waals surface area contributed by atoms with E-state index in [4.69, 9.17) is 9.47 Å². The predicted octanol–water partition coefficient (Wildman–Crippen LogP) is 11.5. The zero-order valence-electron chi connectivity index (χ0n) is 28.2. The smallest absolute Gasteiger partial charge is 0.132 e. The van der Waals surface area contributed by atoms with Crippen LogP contribution in [0.5, 0.6) is 23.0 Å². The van der Waals surface area contributed by atoms with E-state index in [0.717, 1.165) is 79.9 Å². The van der Waals surface area contributed by atoms with Gasteiger partial charge < -0.3 is 19.4 Å². The molecule has 1 aromatic heterocycles. The molecule has 0 bridgehead atoms. The summed E-state index contributed by atoms with van der Waals surface area (Å²) in [5, 5.41) is 5.98. The summed E-state index contributed by atoms with van der Waals surface area (Å²) in [6.07, 6.45) is 6.35. The highest BCUT2D eigenvalue weighted by molar-refractivity contribution is 6.13. The molecule has 0 fully saturated rings. The van der Waals surface area contributed by atoms with E-state index in [-0.39, 0.29) is 0 Å². The minimum Gasteiger partial charge on any atom is -0.457 e. The van der Waals surface area contributed by atoms with Crippen LogP contribution in [-0.2, 0) is 5.41 Å². The van der Waals surface area contributed by atoms with Gasteiger partial charge in [0.15, 0.2) is 0 Å². The van der Waals surface area contributed by atoms with E-state index in [9.17, 15) is 0 Å². The summed E-state index contributed by atoms with van der Waals surface area (Å²) in [6, 6.07) is 56.4. The molecule has 7 aromatic carbocycles. The maximum Gasteiger partial charge on any atom is 0.132 e. The Balaban J connectivity index is 1.22. The van der Waals surface area contributed by atoms with Crippen LogP contribution in [0.15, 0.2) is 176 Å². The molecule has 0 radical (unpaired) electrons. The van der Waals surface area contributed by atoms with E-state index in [0.29, 0.717) is 0 Å². The Morgan fingerprint density at radius 2 is 1.19 bits per heavy atom. The van der Waals surface area contributed by atoms with Crippen LogP contribution in [0.4, 0.5) is 0 Å². The van der Waals surface area contributed by atoms with Gasteiger partial charge >= 0.3 is 0 Å².